The Balaban J connectivity index is 2.50. The van der Waals surface area contributed by atoms with Crippen LogP contribution in [-0.4, -0.2) is 19.1 Å². The van der Waals surface area contributed by atoms with Crippen LogP contribution >= 0.6 is 0 Å². The Morgan fingerprint density at radius 3 is 2.80 bits per heavy atom. The molecule has 0 aliphatic rings. The summed E-state index contributed by atoms with van der Waals surface area (Å²) in [5.41, 5.74) is 7.46. The van der Waals surface area contributed by atoms with Gasteiger partial charge in [-0.1, -0.05) is 18.2 Å². The molecule has 0 radical (unpaired) electrons. The molecule has 0 fully saturated rings. The third-order valence-electron chi connectivity index (χ3n) is 2.21. The fourth-order valence-corrected chi connectivity index (χ4v) is 1.22. The maximum atomic E-state index is 11.1. The highest BCUT2D eigenvalue weighted by Gasteiger charge is 2.11. The Morgan fingerprint density at radius 2 is 2.20 bits per heavy atom. The molecule has 15 heavy (non-hydrogen) atoms. The van der Waals surface area contributed by atoms with Crippen LogP contribution in [0.1, 0.15) is 12.5 Å². The van der Waals surface area contributed by atoms with Gasteiger partial charge >= 0.3 is 5.97 Å². The van der Waals surface area contributed by atoms with Crippen molar-refractivity contribution in [2.75, 3.05) is 12.8 Å². The number of hydrogen-bond donors (Lipinski definition) is 2. The summed E-state index contributed by atoms with van der Waals surface area (Å²) >= 11 is 0. The molecule has 0 spiro atoms. The van der Waals surface area contributed by atoms with E-state index in [1.165, 1.54) is 7.11 Å². The fraction of sp³-hybridized carbons (Fsp3) is 0.364. The summed E-state index contributed by atoms with van der Waals surface area (Å²) in [7, 11) is 1.37. The number of hydrogen-bond acceptors (Lipinski definition) is 4. The largest absolute Gasteiger partial charge is 0.468 e. The average Bonchev–Trinajstić information content (AvgIpc) is 2.26. The van der Waals surface area contributed by atoms with E-state index in [4.69, 9.17) is 5.73 Å². The van der Waals surface area contributed by atoms with Crippen LogP contribution in [0.15, 0.2) is 24.3 Å². The van der Waals surface area contributed by atoms with Gasteiger partial charge < -0.3 is 15.8 Å². The van der Waals surface area contributed by atoms with E-state index >= 15 is 0 Å². The first-order valence-corrected chi connectivity index (χ1v) is 4.79. The van der Waals surface area contributed by atoms with Gasteiger partial charge in [0.25, 0.3) is 0 Å². The van der Waals surface area contributed by atoms with Gasteiger partial charge in [-0.05, 0) is 18.6 Å². The van der Waals surface area contributed by atoms with Gasteiger partial charge in [-0.3, -0.25) is 4.79 Å². The molecule has 1 atom stereocenters. The Hall–Kier alpha value is -1.55. The number of para-hydroxylation sites is 1. The minimum atomic E-state index is -0.324. The van der Waals surface area contributed by atoms with E-state index in [-0.39, 0.29) is 12.0 Å². The number of esters is 1. The number of nitrogens with two attached hydrogens (primary N) is 1. The lowest BCUT2D eigenvalue weighted by Crippen LogP contribution is -2.34. The Bertz CT molecular complexity index is 339. The van der Waals surface area contributed by atoms with Crippen molar-refractivity contribution in [2.45, 2.75) is 19.5 Å². The van der Waals surface area contributed by atoms with Gasteiger partial charge in [0.1, 0.15) is 6.04 Å². The Labute approximate surface area is 89.4 Å². The van der Waals surface area contributed by atoms with E-state index in [1.807, 2.05) is 24.3 Å². The fourth-order valence-electron chi connectivity index (χ4n) is 1.22. The van der Waals surface area contributed by atoms with Crippen LogP contribution in [0.5, 0.6) is 0 Å². The van der Waals surface area contributed by atoms with Crippen LogP contribution in [0.2, 0.25) is 0 Å². The summed E-state index contributed by atoms with van der Waals surface area (Å²) in [5, 5.41) is 3.04. The van der Waals surface area contributed by atoms with Gasteiger partial charge in [0.05, 0.1) is 7.11 Å². The highest BCUT2D eigenvalue weighted by atomic mass is 16.5. The van der Waals surface area contributed by atoms with Crippen molar-refractivity contribution in [3.8, 4) is 0 Å². The molecule has 0 aliphatic heterocycles. The highest BCUT2D eigenvalue weighted by molar-refractivity contribution is 5.75. The second-order valence-electron chi connectivity index (χ2n) is 3.32. The predicted octanol–water partition coefficient (Wildman–Crippen LogP) is 0.920. The summed E-state index contributed by atoms with van der Waals surface area (Å²) in [6.07, 6.45) is 0. The molecule has 1 aromatic rings. The van der Waals surface area contributed by atoms with Crippen molar-refractivity contribution in [1.29, 1.82) is 0 Å². The Morgan fingerprint density at radius 1 is 1.53 bits per heavy atom. The lowest BCUT2D eigenvalue weighted by Gasteiger charge is -2.12. The van der Waals surface area contributed by atoms with E-state index in [2.05, 4.69) is 10.1 Å². The van der Waals surface area contributed by atoms with Gasteiger partial charge in [0.2, 0.25) is 0 Å². The number of benzene rings is 1. The summed E-state index contributed by atoms with van der Waals surface area (Å²) in [5.74, 6) is -0.274. The third-order valence-corrected chi connectivity index (χ3v) is 2.21. The van der Waals surface area contributed by atoms with Gasteiger partial charge in [-0.25, -0.2) is 0 Å². The number of nitrogen functional groups attached to an aromatic ring is 1. The second-order valence-corrected chi connectivity index (χ2v) is 3.32. The van der Waals surface area contributed by atoms with Crippen molar-refractivity contribution in [2.24, 2.45) is 0 Å². The van der Waals surface area contributed by atoms with Crippen molar-refractivity contribution < 1.29 is 9.53 Å². The number of carbonyl (C=O) groups is 1. The van der Waals surface area contributed by atoms with Crippen LogP contribution < -0.4 is 11.1 Å². The number of methoxy groups -OCH3 is 1. The molecule has 0 unspecified atom stereocenters. The summed E-state index contributed by atoms with van der Waals surface area (Å²) in [6, 6.07) is 7.22. The van der Waals surface area contributed by atoms with Crippen molar-refractivity contribution in [3.05, 3.63) is 29.8 Å². The number of anilines is 1. The van der Waals surface area contributed by atoms with E-state index < -0.39 is 0 Å². The maximum absolute atomic E-state index is 11.1. The monoisotopic (exact) mass is 208 g/mol. The predicted molar refractivity (Wildman–Crippen MR) is 59.2 cm³/mol. The Kier molecular flexibility index (Phi) is 4.12. The summed E-state index contributed by atoms with van der Waals surface area (Å²) in [4.78, 5) is 11.1. The van der Waals surface area contributed by atoms with Crippen LogP contribution in [0.25, 0.3) is 0 Å². The van der Waals surface area contributed by atoms with E-state index in [9.17, 15) is 4.79 Å². The molecular formula is C11H16N2O2. The SMILES string of the molecule is COC(=O)[C@H](C)NCc1ccccc1N. The molecule has 3 N–H and O–H groups in total. The standard InChI is InChI=1S/C11H16N2O2/c1-8(11(14)15-2)13-7-9-5-3-4-6-10(9)12/h3-6,8,13H,7,12H2,1-2H3/t8-/m0/s1. The minimum absolute atomic E-state index is 0.274. The first kappa shape index (κ1) is 11.5. The van der Waals surface area contributed by atoms with Crippen LogP contribution in [0, 0.1) is 0 Å². The number of carbonyl (C=O) groups excluding carboxylic acids is 1. The maximum Gasteiger partial charge on any atom is 0.322 e. The van der Waals surface area contributed by atoms with Crippen LogP contribution in [-0.2, 0) is 16.1 Å². The topological polar surface area (TPSA) is 64.3 Å². The molecule has 0 aliphatic carbocycles. The smallest absolute Gasteiger partial charge is 0.322 e. The number of rotatable bonds is 4. The van der Waals surface area contributed by atoms with E-state index in [1.54, 1.807) is 6.92 Å². The molecule has 82 valence electrons. The van der Waals surface area contributed by atoms with Crippen molar-refractivity contribution >= 4 is 11.7 Å². The molecule has 0 saturated carbocycles. The van der Waals surface area contributed by atoms with Crippen LogP contribution in [0.4, 0.5) is 5.69 Å². The lowest BCUT2D eigenvalue weighted by molar-refractivity contribution is -0.142. The van der Waals surface area contributed by atoms with Crippen molar-refractivity contribution in [3.63, 3.8) is 0 Å². The normalized spacial score (nSPS) is 12.1. The first-order chi connectivity index (χ1) is 7.15. The quantitative estimate of drug-likeness (QED) is 0.570. The zero-order valence-corrected chi connectivity index (χ0v) is 8.99. The number of nitrogens with one attached hydrogen (secondary N) is 1. The van der Waals surface area contributed by atoms with Gasteiger partial charge in [0, 0.05) is 12.2 Å². The zero-order valence-electron chi connectivity index (χ0n) is 8.99. The van der Waals surface area contributed by atoms with Crippen LogP contribution in [0.3, 0.4) is 0 Å². The minimum Gasteiger partial charge on any atom is -0.468 e. The van der Waals surface area contributed by atoms with Gasteiger partial charge in [-0.2, -0.15) is 0 Å². The molecule has 4 nitrogen and oxygen atoms in total. The molecule has 0 bridgehead atoms. The molecule has 1 aromatic carbocycles. The van der Waals surface area contributed by atoms with E-state index in [0.717, 1.165) is 11.3 Å². The third kappa shape index (κ3) is 3.25. The average molecular weight is 208 g/mol. The van der Waals surface area contributed by atoms with Gasteiger partial charge in [0.15, 0.2) is 0 Å². The molecule has 0 heterocycles. The molecular weight excluding hydrogens is 192 g/mol. The van der Waals surface area contributed by atoms with Crippen molar-refractivity contribution in [1.82, 2.24) is 5.32 Å². The first-order valence-electron chi connectivity index (χ1n) is 4.79. The lowest BCUT2D eigenvalue weighted by atomic mass is 10.2. The molecule has 1 rings (SSSR count). The summed E-state index contributed by atoms with van der Waals surface area (Å²) < 4.78 is 4.60. The summed E-state index contributed by atoms with van der Waals surface area (Å²) in [6.45, 7) is 2.31. The zero-order chi connectivity index (χ0) is 11.3. The molecule has 0 amide bonds. The molecule has 4 heteroatoms. The molecule has 0 saturated heterocycles. The molecule has 0 aromatic heterocycles. The second kappa shape index (κ2) is 5.36. The number of ether oxygens (including phenoxy) is 1. The van der Waals surface area contributed by atoms with Gasteiger partial charge in [-0.15, -0.1) is 0 Å². The van der Waals surface area contributed by atoms with E-state index in [0.29, 0.717) is 6.54 Å². The highest BCUT2D eigenvalue weighted by Crippen LogP contribution is 2.09.